The predicted molar refractivity (Wildman–Crippen MR) is 152 cm³/mol. The normalized spacial score (nSPS) is 24.8. The molecular formula is C33H31BO5. The number of phenolic OH excluding ortho intramolecular Hbond substituents is 1. The highest BCUT2D eigenvalue weighted by molar-refractivity contribution is 6.43. The number of hydrogen-bond donors (Lipinski definition) is 2. The first-order chi connectivity index (χ1) is 18.9. The predicted octanol–water partition coefficient (Wildman–Crippen LogP) is 6.24. The van der Waals surface area contributed by atoms with Crippen LogP contribution in [0.2, 0.25) is 6.32 Å². The van der Waals surface area contributed by atoms with Gasteiger partial charge < -0.3 is 14.8 Å². The van der Waals surface area contributed by atoms with Gasteiger partial charge in [-0.3, -0.25) is 9.59 Å². The SMILES string of the molecule is CC1=C2[C@@H](CC/C(=C/c3ccccc3O)c3ccccc3)OB(O)C[C@@H]2[C@@H]2C(=O)c3ccccc3C(=O)[C@@H]2C1. The van der Waals surface area contributed by atoms with Gasteiger partial charge in [0.1, 0.15) is 5.75 Å². The van der Waals surface area contributed by atoms with Crippen molar-refractivity contribution in [2.45, 2.75) is 38.6 Å². The van der Waals surface area contributed by atoms with Crippen LogP contribution < -0.4 is 0 Å². The number of fused-ring (bicyclic) bond motifs is 4. The van der Waals surface area contributed by atoms with Crippen LogP contribution in [0.5, 0.6) is 5.75 Å². The van der Waals surface area contributed by atoms with Crippen molar-refractivity contribution in [3.63, 3.8) is 0 Å². The topological polar surface area (TPSA) is 83.8 Å². The molecule has 0 aromatic heterocycles. The van der Waals surface area contributed by atoms with E-state index in [4.69, 9.17) is 4.65 Å². The Morgan fingerprint density at radius 3 is 2.33 bits per heavy atom. The zero-order valence-corrected chi connectivity index (χ0v) is 21.9. The van der Waals surface area contributed by atoms with Gasteiger partial charge >= 0.3 is 7.12 Å². The fourth-order valence-corrected chi connectivity index (χ4v) is 6.86. The van der Waals surface area contributed by atoms with Gasteiger partial charge in [-0.15, -0.1) is 0 Å². The number of Topliss-reactive ketones (excluding diaryl/α,β-unsaturated/α-hetero) is 2. The smallest absolute Gasteiger partial charge is 0.455 e. The first kappa shape index (κ1) is 25.5. The Morgan fingerprint density at radius 2 is 1.59 bits per heavy atom. The van der Waals surface area contributed by atoms with E-state index in [1.807, 2.05) is 61.5 Å². The lowest BCUT2D eigenvalue weighted by atomic mass is 9.54. The van der Waals surface area contributed by atoms with Gasteiger partial charge in [0.05, 0.1) is 6.10 Å². The Labute approximate surface area is 229 Å². The number of aromatic hydroxyl groups is 1. The summed E-state index contributed by atoms with van der Waals surface area (Å²) in [5.74, 6) is -0.853. The highest BCUT2D eigenvalue weighted by atomic mass is 16.5. The van der Waals surface area contributed by atoms with Crippen molar-refractivity contribution >= 4 is 30.3 Å². The number of phenols is 1. The molecular weight excluding hydrogens is 487 g/mol. The molecule has 5 nitrogen and oxygen atoms in total. The summed E-state index contributed by atoms with van der Waals surface area (Å²) in [5.41, 5.74) is 6.00. The lowest BCUT2D eigenvalue weighted by Gasteiger charge is -2.47. The van der Waals surface area contributed by atoms with Crippen LogP contribution in [-0.4, -0.2) is 34.9 Å². The minimum absolute atomic E-state index is 0.00229. The summed E-state index contributed by atoms with van der Waals surface area (Å²) in [6.07, 6.45) is 3.72. The van der Waals surface area contributed by atoms with E-state index in [1.54, 1.807) is 30.3 Å². The molecule has 1 fully saturated rings. The Balaban J connectivity index is 1.33. The van der Waals surface area contributed by atoms with Crippen molar-refractivity contribution in [1.29, 1.82) is 0 Å². The molecule has 196 valence electrons. The summed E-state index contributed by atoms with van der Waals surface area (Å²) in [6, 6.07) is 24.4. The molecule has 0 unspecified atom stereocenters. The van der Waals surface area contributed by atoms with Gasteiger partial charge in [-0.1, -0.05) is 78.4 Å². The minimum Gasteiger partial charge on any atom is -0.507 e. The van der Waals surface area contributed by atoms with Gasteiger partial charge in [0, 0.05) is 28.5 Å². The molecule has 1 heterocycles. The second-order valence-electron chi connectivity index (χ2n) is 10.9. The molecule has 0 radical (unpaired) electrons. The number of carbonyl (C=O) groups excluding carboxylic acids is 2. The zero-order chi connectivity index (χ0) is 27.1. The number of carbonyl (C=O) groups is 2. The molecule has 0 bridgehead atoms. The third-order valence-corrected chi connectivity index (χ3v) is 8.59. The molecule has 0 spiro atoms. The summed E-state index contributed by atoms with van der Waals surface area (Å²) in [7, 11) is -1.00. The molecule has 3 aromatic rings. The van der Waals surface area contributed by atoms with Crippen LogP contribution in [0.25, 0.3) is 11.6 Å². The summed E-state index contributed by atoms with van der Waals surface area (Å²) in [6.45, 7) is 2.04. The minimum atomic E-state index is -1.00. The Hall–Kier alpha value is -3.74. The van der Waals surface area contributed by atoms with Gasteiger partial charge in [0.15, 0.2) is 11.6 Å². The molecule has 1 aliphatic heterocycles. The fraction of sp³-hybridized carbons (Fsp3) is 0.273. The van der Waals surface area contributed by atoms with E-state index in [-0.39, 0.29) is 29.3 Å². The zero-order valence-electron chi connectivity index (χ0n) is 21.9. The summed E-state index contributed by atoms with van der Waals surface area (Å²) in [5, 5.41) is 21.2. The molecule has 1 saturated heterocycles. The van der Waals surface area contributed by atoms with E-state index in [9.17, 15) is 19.7 Å². The Morgan fingerprint density at radius 1 is 0.923 bits per heavy atom. The van der Waals surface area contributed by atoms with Crippen molar-refractivity contribution < 1.29 is 24.4 Å². The largest absolute Gasteiger partial charge is 0.507 e. The van der Waals surface area contributed by atoms with Crippen LogP contribution in [0.3, 0.4) is 0 Å². The van der Waals surface area contributed by atoms with E-state index >= 15 is 0 Å². The highest BCUT2D eigenvalue weighted by Crippen LogP contribution is 2.51. The van der Waals surface area contributed by atoms with Gasteiger partial charge in [-0.05, 0) is 67.3 Å². The lowest BCUT2D eigenvalue weighted by molar-refractivity contribution is 0.0602. The average Bonchev–Trinajstić information content (AvgIpc) is 2.95. The average molecular weight is 518 g/mol. The number of rotatable bonds is 5. The number of allylic oxidation sites excluding steroid dienone is 2. The molecule has 0 saturated carbocycles. The fourth-order valence-electron chi connectivity index (χ4n) is 6.86. The van der Waals surface area contributed by atoms with Gasteiger partial charge in [0.25, 0.3) is 0 Å². The number of ketones is 2. The first-order valence-electron chi connectivity index (χ1n) is 13.7. The van der Waals surface area contributed by atoms with Crippen LogP contribution in [0.4, 0.5) is 0 Å². The molecule has 6 heteroatoms. The second-order valence-corrected chi connectivity index (χ2v) is 10.9. The lowest BCUT2D eigenvalue weighted by Crippen LogP contribution is -2.50. The molecule has 3 aromatic carbocycles. The van der Waals surface area contributed by atoms with Crippen LogP contribution in [0.15, 0.2) is 90.0 Å². The third-order valence-electron chi connectivity index (χ3n) is 8.59. The first-order valence-corrected chi connectivity index (χ1v) is 13.7. The van der Waals surface area contributed by atoms with Crippen molar-refractivity contribution in [3.05, 3.63) is 112 Å². The van der Waals surface area contributed by atoms with Crippen molar-refractivity contribution in [1.82, 2.24) is 0 Å². The van der Waals surface area contributed by atoms with E-state index in [0.717, 1.165) is 27.8 Å². The Bertz CT molecular complexity index is 1490. The molecule has 6 rings (SSSR count). The quantitative estimate of drug-likeness (QED) is 0.237. The van der Waals surface area contributed by atoms with Crippen molar-refractivity contribution in [2.24, 2.45) is 17.8 Å². The van der Waals surface area contributed by atoms with Crippen LogP contribution in [0.1, 0.15) is 58.0 Å². The van der Waals surface area contributed by atoms with Gasteiger partial charge in [-0.25, -0.2) is 0 Å². The van der Waals surface area contributed by atoms with Crippen LogP contribution >= 0.6 is 0 Å². The molecule has 0 amide bonds. The van der Waals surface area contributed by atoms with E-state index in [1.165, 1.54) is 0 Å². The second kappa shape index (κ2) is 10.4. The maximum absolute atomic E-state index is 13.7. The molecule has 3 aliphatic rings. The maximum Gasteiger partial charge on any atom is 0.455 e. The highest BCUT2D eigenvalue weighted by Gasteiger charge is 2.52. The molecule has 39 heavy (non-hydrogen) atoms. The van der Waals surface area contributed by atoms with Crippen molar-refractivity contribution in [3.8, 4) is 5.75 Å². The standard InChI is InChI=1S/C33H31BO5/c1-20-17-26-31(33(37)25-13-7-6-12-24(25)32(26)36)27-19-34(38)39-29(30(20)27)16-15-22(21-9-3-2-4-10-21)18-23-11-5-8-14-28(23)35/h2-14,18,26-27,29,31,35,38H,15-17,19H2,1H3/b22-18-/t26-,27+,29-,31-/m1/s1. The van der Waals surface area contributed by atoms with E-state index < -0.39 is 19.0 Å². The van der Waals surface area contributed by atoms with Crippen molar-refractivity contribution in [2.75, 3.05) is 0 Å². The number of para-hydroxylation sites is 1. The van der Waals surface area contributed by atoms with Gasteiger partial charge in [-0.2, -0.15) is 0 Å². The number of hydrogen-bond acceptors (Lipinski definition) is 5. The summed E-state index contributed by atoms with van der Waals surface area (Å²) < 4.78 is 6.12. The van der Waals surface area contributed by atoms with Crippen LogP contribution in [0, 0.1) is 17.8 Å². The Kier molecular flexibility index (Phi) is 6.84. The van der Waals surface area contributed by atoms with Crippen LogP contribution in [-0.2, 0) is 4.65 Å². The monoisotopic (exact) mass is 518 g/mol. The third kappa shape index (κ3) is 4.68. The maximum atomic E-state index is 13.7. The number of benzene rings is 3. The summed E-state index contributed by atoms with van der Waals surface area (Å²) in [4.78, 5) is 27.2. The van der Waals surface area contributed by atoms with E-state index in [2.05, 4.69) is 0 Å². The summed E-state index contributed by atoms with van der Waals surface area (Å²) >= 11 is 0. The molecule has 2 N–H and O–H groups in total. The molecule has 2 aliphatic carbocycles. The van der Waals surface area contributed by atoms with Gasteiger partial charge in [0.2, 0.25) is 0 Å². The van der Waals surface area contributed by atoms with E-state index in [0.29, 0.717) is 36.7 Å². The molecule has 4 atom stereocenters.